The first-order valence-electron chi connectivity index (χ1n) is 7.31. The number of benzene rings is 1. The Hall–Kier alpha value is -1.84. The van der Waals surface area contributed by atoms with Gasteiger partial charge in [0.2, 0.25) is 0 Å². The molecular formula is C23H48O4. The lowest BCUT2D eigenvalue weighted by Gasteiger charge is -2.30. The van der Waals surface area contributed by atoms with Gasteiger partial charge in [0.15, 0.2) is 0 Å². The second-order valence-electron chi connectivity index (χ2n) is 6.03. The lowest BCUT2D eigenvalue weighted by molar-refractivity contribution is -0.152. The molecule has 0 aliphatic carbocycles. The molecule has 0 bridgehead atoms. The molecule has 164 valence electrons. The summed E-state index contributed by atoms with van der Waals surface area (Å²) in [5.74, 6) is -2.42. The number of hydrogen-bond acceptors (Lipinski definition) is 2. The lowest BCUT2D eigenvalue weighted by atomic mass is 9.72. The van der Waals surface area contributed by atoms with Crippen LogP contribution in [0.2, 0.25) is 0 Å². The molecular weight excluding hydrogens is 340 g/mol. The standard InChI is InChI=1S/C17H24O4.6CH4/c1-4-13(14-8-6-5-7-9-14)11-17(3,16(20)21)10-12(2)15(18)19;;;;;;/h5-9,12-13H,4,10-11H2,1-3H3,(H,18,19)(H,20,21);6*1H4. The minimum absolute atomic E-state index is 0. The van der Waals surface area contributed by atoms with E-state index < -0.39 is 23.3 Å². The first-order valence-corrected chi connectivity index (χ1v) is 7.31. The molecule has 0 aromatic heterocycles. The van der Waals surface area contributed by atoms with Crippen LogP contribution in [0.5, 0.6) is 0 Å². The van der Waals surface area contributed by atoms with Crippen molar-refractivity contribution in [2.24, 2.45) is 11.3 Å². The van der Waals surface area contributed by atoms with Gasteiger partial charge in [0, 0.05) is 0 Å². The van der Waals surface area contributed by atoms with Gasteiger partial charge in [-0.25, -0.2) is 0 Å². The van der Waals surface area contributed by atoms with E-state index in [0.29, 0.717) is 6.42 Å². The van der Waals surface area contributed by atoms with Crippen molar-refractivity contribution in [3.8, 4) is 0 Å². The Morgan fingerprint density at radius 1 is 0.926 bits per heavy atom. The summed E-state index contributed by atoms with van der Waals surface area (Å²) in [4.78, 5) is 22.7. The van der Waals surface area contributed by atoms with Gasteiger partial charge in [-0.15, -0.1) is 0 Å². The molecule has 0 spiro atoms. The molecule has 1 aromatic carbocycles. The zero-order valence-corrected chi connectivity index (χ0v) is 12.9. The molecule has 1 rings (SSSR count). The highest BCUT2D eigenvalue weighted by Crippen LogP contribution is 2.38. The summed E-state index contributed by atoms with van der Waals surface area (Å²) in [7, 11) is 0. The Kier molecular flexibility index (Phi) is 26.0. The molecule has 0 aliphatic heterocycles. The van der Waals surface area contributed by atoms with Crippen molar-refractivity contribution in [1.29, 1.82) is 0 Å². The third kappa shape index (κ3) is 11.5. The Balaban J connectivity index is -0.000000184. The fourth-order valence-electron chi connectivity index (χ4n) is 2.79. The maximum Gasteiger partial charge on any atom is 0.309 e. The molecule has 4 heteroatoms. The Bertz CT molecular complexity index is 484. The van der Waals surface area contributed by atoms with Crippen molar-refractivity contribution in [3.05, 3.63) is 35.9 Å². The summed E-state index contributed by atoms with van der Waals surface area (Å²) in [5, 5.41) is 18.6. The van der Waals surface area contributed by atoms with Crippen LogP contribution in [0.15, 0.2) is 30.3 Å². The van der Waals surface area contributed by atoms with Crippen molar-refractivity contribution in [3.63, 3.8) is 0 Å². The monoisotopic (exact) mass is 388 g/mol. The third-order valence-corrected chi connectivity index (χ3v) is 4.16. The van der Waals surface area contributed by atoms with E-state index >= 15 is 0 Å². The normalized spacial score (nSPS) is 13.0. The van der Waals surface area contributed by atoms with Crippen LogP contribution in [0.4, 0.5) is 0 Å². The van der Waals surface area contributed by atoms with Crippen LogP contribution in [0, 0.1) is 11.3 Å². The maximum absolute atomic E-state index is 11.7. The molecule has 0 amide bonds. The average molecular weight is 389 g/mol. The highest BCUT2D eigenvalue weighted by Gasteiger charge is 2.38. The van der Waals surface area contributed by atoms with Crippen LogP contribution in [-0.2, 0) is 9.59 Å². The summed E-state index contributed by atoms with van der Waals surface area (Å²) in [6, 6.07) is 9.80. The van der Waals surface area contributed by atoms with E-state index in [4.69, 9.17) is 5.11 Å². The van der Waals surface area contributed by atoms with E-state index in [1.807, 2.05) is 37.3 Å². The van der Waals surface area contributed by atoms with E-state index in [0.717, 1.165) is 12.0 Å². The summed E-state index contributed by atoms with van der Waals surface area (Å²) < 4.78 is 0. The van der Waals surface area contributed by atoms with Crippen LogP contribution < -0.4 is 0 Å². The molecule has 1 aromatic rings. The molecule has 4 nitrogen and oxygen atoms in total. The van der Waals surface area contributed by atoms with Crippen LogP contribution in [0.25, 0.3) is 0 Å². The van der Waals surface area contributed by atoms with E-state index in [1.54, 1.807) is 13.8 Å². The first kappa shape index (κ1) is 40.0. The van der Waals surface area contributed by atoms with Crippen LogP contribution in [0.1, 0.15) is 96.1 Å². The molecule has 3 atom stereocenters. The van der Waals surface area contributed by atoms with Crippen LogP contribution >= 0.6 is 0 Å². The number of carboxylic acids is 2. The number of carboxylic acid groups (broad SMARTS) is 2. The summed E-state index contributed by atoms with van der Waals surface area (Å²) in [6.45, 7) is 5.24. The van der Waals surface area contributed by atoms with E-state index in [-0.39, 0.29) is 56.9 Å². The van der Waals surface area contributed by atoms with Crippen LogP contribution in [0.3, 0.4) is 0 Å². The van der Waals surface area contributed by atoms with Crippen molar-refractivity contribution in [2.45, 2.75) is 90.5 Å². The smallest absolute Gasteiger partial charge is 0.309 e. The molecule has 27 heavy (non-hydrogen) atoms. The van der Waals surface area contributed by atoms with Gasteiger partial charge >= 0.3 is 11.9 Å². The molecule has 0 fully saturated rings. The van der Waals surface area contributed by atoms with Crippen molar-refractivity contribution in [1.82, 2.24) is 0 Å². The van der Waals surface area contributed by atoms with Gasteiger partial charge in [-0.1, -0.05) is 88.7 Å². The van der Waals surface area contributed by atoms with Gasteiger partial charge in [-0.2, -0.15) is 0 Å². The molecule has 0 aliphatic rings. The third-order valence-electron chi connectivity index (χ3n) is 4.16. The predicted molar refractivity (Wildman–Crippen MR) is 122 cm³/mol. The quantitative estimate of drug-likeness (QED) is 0.481. The summed E-state index contributed by atoms with van der Waals surface area (Å²) >= 11 is 0. The number of rotatable bonds is 8. The highest BCUT2D eigenvalue weighted by molar-refractivity contribution is 5.76. The largest absolute Gasteiger partial charge is 0.481 e. The lowest BCUT2D eigenvalue weighted by Crippen LogP contribution is -2.33. The molecule has 0 saturated heterocycles. The van der Waals surface area contributed by atoms with Gasteiger partial charge < -0.3 is 10.2 Å². The topological polar surface area (TPSA) is 74.6 Å². The van der Waals surface area contributed by atoms with Crippen molar-refractivity contribution < 1.29 is 19.8 Å². The van der Waals surface area contributed by atoms with Gasteiger partial charge in [-0.05, 0) is 37.7 Å². The van der Waals surface area contributed by atoms with E-state index in [9.17, 15) is 14.7 Å². The zero-order chi connectivity index (χ0) is 16.0. The fraction of sp³-hybridized carbons (Fsp3) is 0.652. The number of carbonyl (C=O) groups is 2. The van der Waals surface area contributed by atoms with Gasteiger partial charge in [0.1, 0.15) is 0 Å². The van der Waals surface area contributed by atoms with Gasteiger partial charge in [-0.3, -0.25) is 9.59 Å². The van der Waals surface area contributed by atoms with Gasteiger partial charge in [0.05, 0.1) is 11.3 Å². The molecule has 0 radical (unpaired) electrons. The number of hydrogen-bond donors (Lipinski definition) is 2. The van der Waals surface area contributed by atoms with E-state index in [1.165, 1.54) is 0 Å². The minimum atomic E-state index is -1.03. The molecule has 0 heterocycles. The highest BCUT2D eigenvalue weighted by atomic mass is 16.4. The molecule has 0 saturated carbocycles. The fourth-order valence-corrected chi connectivity index (χ4v) is 2.79. The SMILES string of the molecule is C.C.C.C.C.C.CCC(CC(C)(CC(C)C(=O)O)C(=O)O)c1ccccc1. The second kappa shape index (κ2) is 17.6. The zero-order valence-electron chi connectivity index (χ0n) is 12.9. The van der Waals surface area contributed by atoms with Crippen molar-refractivity contribution >= 4 is 11.9 Å². The Labute approximate surface area is 170 Å². The summed E-state index contributed by atoms with van der Waals surface area (Å²) in [6.07, 6.45) is 1.41. The van der Waals surface area contributed by atoms with Crippen LogP contribution in [-0.4, -0.2) is 22.2 Å². The van der Waals surface area contributed by atoms with E-state index in [2.05, 4.69) is 0 Å². The first-order chi connectivity index (χ1) is 9.80. The summed E-state index contributed by atoms with van der Waals surface area (Å²) in [5.41, 5.74) is 0.0735. The Morgan fingerprint density at radius 3 is 1.70 bits per heavy atom. The number of aliphatic carboxylic acids is 2. The molecule has 3 unspecified atom stereocenters. The second-order valence-corrected chi connectivity index (χ2v) is 6.03. The average Bonchev–Trinajstić information content (AvgIpc) is 2.45. The predicted octanol–water partition coefficient (Wildman–Crippen LogP) is 7.59. The van der Waals surface area contributed by atoms with Crippen molar-refractivity contribution in [2.75, 3.05) is 0 Å². The minimum Gasteiger partial charge on any atom is -0.481 e. The molecule has 2 N–H and O–H groups in total. The van der Waals surface area contributed by atoms with Gasteiger partial charge in [0.25, 0.3) is 0 Å². The maximum atomic E-state index is 11.7. The Morgan fingerprint density at radius 2 is 1.37 bits per heavy atom.